The molecule has 1 N–H and O–H groups in total. The first kappa shape index (κ1) is 15.4. The van der Waals surface area contributed by atoms with Gasteiger partial charge in [-0.15, -0.1) is 11.8 Å². The molecule has 1 unspecified atom stereocenters. The largest absolute Gasteiger partial charge is 0.308 e. The van der Waals surface area contributed by atoms with Gasteiger partial charge in [0, 0.05) is 17.7 Å². The van der Waals surface area contributed by atoms with Crippen molar-refractivity contribution in [3.8, 4) is 0 Å². The molecule has 0 saturated heterocycles. The first-order valence-corrected chi connectivity index (χ1v) is 8.17. The quantitative estimate of drug-likeness (QED) is 0.787. The number of hydrogen-bond donors (Lipinski definition) is 1. The smallest absolute Gasteiger partial charge is 0.0834 e. The van der Waals surface area contributed by atoms with E-state index in [0.717, 1.165) is 29.4 Å². The van der Waals surface area contributed by atoms with Crippen LogP contribution in [0.3, 0.4) is 0 Å². The molecule has 0 bridgehead atoms. The van der Waals surface area contributed by atoms with E-state index in [1.165, 1.54) is 4.90 Å². The maximum atomic E-state index is 6.27. The molecular formula is C15H20ClN3S. The van der Waals surface area contributed by atoms with Gasteiger partial charge in [0.1, 0.15) is 0 Å². The van der Waals surface area contributed by atoms with Gasteiger partial charge in [0.25, 0.3) is 0 Å². The fourth-order valence-corrected chi connectivity index (χ4v) is 3.34. The number of hydrogen-bond acceptors (Lipinski definition) is 3. The molecule has 2 rings (SSSR count). The van der Waals surface area contributed by atoms with Gasteiger partial charge in [-0.1, -0.05) is 36.7 Å². The van der Waals surface area contributed by atoms with Crippen molar-refractivity contribution in [3.05, 3.63) is 47.2 Å². The van der Waals surface area contributed by atoms with Gasteiger partial charge in [-0.25, -0.2) is 0 Å². The van der Waals surface area contributed by atoms with Crippen LogP contribution in [0.5, 0.6) is 0 Å². The minimum absolute atomic E-state index is 0.208. The van der Waals surface area contributed by atoms with Crippen LogP contribution in [0.1, 0.15) is 25.1 Å². The third-order valence-electron chi connectivity index (χ3n) is 3.07. The molecule has 1 atom stereocenters. The lowest BCUT2D eigenvalue weighted by Crippen LogP contribution is -2.26. The number of aryl methyl sites for hydroxylation is 1. The summed E-state index contributed by atoms with van der Waals surface area (Å²) in [5.41, 5.74) is 1.06. The van der Waals surface area contributed by atoms with Crippen molar-refractivity contribution in [1.29, 1.82) is 0 Å². The van der Waals surface area contributed by atoms with Crippen molar-refractivity contribution in [2.24, 2.45) is 7.05 Å². The molecule has 0 amide bonds. The Balaban J connectivity index is 2.08. The second kappa shape index (κ2) is 7.72. The maximum Gasteiger partial charge on any atom is 0.0834 e. The minimum atomic E-state index is 0.208. The lowest BCUT2D eigenvalue weighted by Gasteiger charge is -2.19. The van der Waals surface area contributed by atoms with Crippen molar-refractivity contribution in [2.45, 2.75) is 24.3 Å². The van der Waals surface area contributed by atoms with E-state index in [4.69, 9.17) is 11.6 Å². The number of benzene rings is 1. The number of thioether (sulfide) groups is 1. The first-order valence-electron chi connectivity index (χ1n) is 6.81. The number of halogens is 1. The summed E-state index contributed by atoms with van der Waals surface area (Å²) in [5, 5.41) is 8.52. The van der Waals surface area contributed by atoms with Crippen LogP contribution >= 0.6 is 23.4 Å². The van der Waals surface area contributed by atoms with Gasteiger partial charge in [-0.05, 0) is 25.1 Å². The zero-order valence-corrected chi connectivity index (χ0v) is 13.4. The molecule has 2 aromatic rings. The molecule has 108 valence electrons. The third kappa shape index (κ3) is 4.01. The molecule has 0 radical (unpaired) electrons. The first-order chi connectivity index (χ1) is 9.72. The summed E-state index contributed by atoms with van der Waals surface area (Å²) >= 11 is 8.10. The predicted molar refractivity (Wildman–Crippen MR) is 86.4 cm³/mol. The highest BCUT2D eigenvalue weighted by atomic mass is 35.5. The zero-order valence-electron chi connectivity index (χ0n) is 11.8. The van der Waals surface area contributed by atoms with Crippen LogP contribution in [0.4, 0.5) is 0 Å². The second-order valence-electron chi connectivity index (χ2n) is 4.63. The summed E-state index contributed by atoms with van der Waals surface area (Å²) in [5.74, 6) is 0.934. The average Bonchev–Trinajstić information content (AvgIpc) is 2.80. The van der Waals surface area contributed by atoms with Crippen molar-refractivity contribution in [1.82, 2.24) is 15.1 Å². The fourth-order valence-electron chi connectivity index (χ4n) is 2.06. The predicted octanol–water partition coefficient (Wildman–Crippen LogP) is 3.91. The maximum absolute atomic E-state index is 6.27. The monoisotopic (exact) mass is 309 g/mol. The molecule has 5 heteroatoms. The van der Waals surface area contributed by atoms with Crippen LogP contribution in [0.25, 0.3) is 0 Å². The zero-order chi connectivity index (χ0) is 14.4. The van der Waals surface area contributed by atoms with Gasteiger partial charge in [-0.2, -0.15) is 5.10 Å². The molecule has 0 aliphatic rings. The third-order valence-corrected chi connectivity index (χ3v) is 4.47. The number of nitrogens with zero attached hydrogens (tertiary/aromatic N) is 2. The van der Waals surface area contributed by atoms with Crippen molar-refractivity contribution >= 4 is 23.4 Å². The highest BCUT2D eigenvalue weighted by Gasteiger charge is 2.18. The van der Waals surface area contributed by atoms with Gasteiger partial charge in [0.15, 0.2) is 0 Å². The summed E-state index contributed by atoms with van der Waals surface area (Å²) < 4.78 is 1.86. The fraction of sp³-hybridized carbons (Fsp3) is 0.400. The number of aromatic nitrogens is 2. The minimum Gasteiger partial charge on any atom is -0.308 e. The van der Waals surface area contributed by atoms with E-state index >= 15 is 0 Å². The topological polar surface area (TPSA) is 29.9 Å². The molecule has 1 heterocycles. The van der Waals surface area contributed by atoms with E-state index in [0.29, 0.717) is 0 Å². The lowest BCUT2D eigenvalue weighted by molar-refractivity contribution is 0.535. The average molecular weight is 310 g/mol. The Hall–Kier alpha value is -0.970. The second-order valence-corrected chi connectivity index (χ2v) is 6.13. The van der Waals surface area contributed by atoms with Crippen LogP contribution in [0, 0.1) is 0 Å². The van der Waals surface area contributed by atoms with E-state index in [9.17, 15) is 0 Å². The normalized spacial score (nSPS) is 12.6. The molecule has 0 spiro atoms. The van der Waals surface area contributed by atoms with Crippen molar-refractivity contribution in [2.75, 3.05) is 12.3 Å². The van der Waals surface area contributed by atoms with E-state index < -0.39 is 0 Å². The SMILES string of the molecule is CCCNC(CSc1ccccc1)c1c(Cl)cnn1C. The summed E-state index contributed by atoms with van der Waals surface area (Å²) in [6, 6.07) is 10.6. The molecule has 20 heavy (non-hydrogen) atoms. The molecule has 0 aliphatic heterocycles. The van der Waals surface area contributed by atoms with Crippen LogP contribution in [-0.4, -0.2) is 22.1 Å². The van der Waals surface area contributed by atoms with Crippen LogP contribution in [0.2, 0.25) is 5.02 Å². The van der Waals surface area contributed by atoms with Crippen LogP contribution in [-0.2, 0) is 7.05 Å². The Morgan fingerprint density at radius 2 is 2.10 bits per heavy atom. The van der Waals surface area contributed by atoms with E-state index in [2.05, 4.69) is 41.6 Å². The summed E-state index contributed by atoms with van der Waals surface area (Å²) in [7, 11) is 1.94. The summed E-state index contributed by atoms with van der Waals surface area (Å²) in [6.45, 7) is 3.14. The molecule has 3 nitrogen and oxygen atoms in total. The summed E-state index contributed by atoms with van der Waals surface area (Å²) in [6.07, 6.45) is 2.81. The standard InChI is InChI=1S/C15H20ClN3S/c1-3-9-17-14(15-13(16)10-18-19(15)2)11-20-12-7-5-4-6-8-12/h4-8,10,14,17H,3,9,11H2,1-2H3. The van der Waals surface area contributed by atoms with Gasteiger partial charge in [-0.3, -0.25) is 4.68 Å². The molecule has 1 aromatic carbocycles. The lowest BCUT2D eigenvalue weighted by atomic mass is 10.2. The van der Waals surface area contributed by atoms with Gasteiger partial charge >= 0.3 is 0 Å². The van der Waals surface area contributed by atoms with Crippen molar-refractivity contribution in [3.63, 3.8) is 0 Å². The summed E-state index contributed by atoms with van der Waals surface area (Å²) in [4.78, 5) is 1.27. The highest BCUT2D eigenvalue weighted by Crippen LogP contribution is 2.28. The molecule has 0 fully saturated rings. The molecule has 0 saturated carbocycles. The van der Waals surface area contributed by atoms with Crippen molar-refractivity contribution < 1.29 is 0 Å². The van der Waals surface area contributed by atoms with E-state index in [1.807, 2.05) is 29.6 Å². The van der Waals surface area contributed by atoms with E-state index in [-0.39, 0.29) is 6.04 Å². The van der Waals surface area contributed by atoms with E-state index in [1.54, 1.807) is 6.20 Å². The van der Waals surface area contributed by atoms with Crippen LogP contribution < -0.4 is 5.32 Å². The number of rotatable bonds is 7. The Labute approximate surface area is 129 Å². The number of nitrogens with one attached hydrogen (secondary N) is 1. The molecule has 0 aliphatic carbocycles. The Morgan fingerprint density at radius 3 is 2.70 bits per heavy atom. The Kier molecular flexibility index (Phi) is 5.95. The Bertz CT molecular complexity index is 508. The molecule has 1 aromatic heterocycles. The van der Waals surface area contributed by atoms with Gasteiger partial charge in [0.05, 0.1) is 23.0 Å². The Morgan fingerprint density at radius 1 is 1.35 bits per heavy atom. The molecular weight excluding hydrogens is 290 g/mol. The van der Waals surface area contributed by atoms with Gasteiger partial charge < -0.3 is 5.32 Å². The highest BCUT2D eigenvalue weighted by molar-refractivity contribution is 7.99. The van der Waals surface area contributed by atoms with Crippen LogP contribution in [0.15, 0.2) is 41.4 Å². The van der Waals surface area contributed by atoms with Gasteiger partial charge in [0.2, 0.25) is 0 Å².